The van der Waals surface area contributed by atoms with Gasteiger partial charge in [0.05, 0.1) is 11.7 Å². The molecular weight excluding hydrogens is 436 g/mol. The number of piperazine rings is 1. The predicted octanol–water partition coefficient (Wildman–Crippen LogP) is 3.62. The summed E-state index contributed by atoms with van der Waals surface area (Å²) in [6, 6.07) is 15.9. The fourth-order valence-corrected chi connectivity index (χ4v) is 4.11. The average Bonchev–Trinajstić information content (AvgIpc) is 2.83. The normalized spacial score (nSPS) is 14.7. The molecule has 33 heavy (non-hydrogen) atoms. The molecule has 0 spiro atoms. The van der Waals surface area contributed by atoms with Crippen LogP contribution in [0.2, 0.25) is 5.02 Å². The first-order chi connectivity index (χ1) is 16.0. The van der Waals surface area contributed by atoms with Crippen molar-refractivity contribution in [1.82, 2.24) is 15.3 Å². The summed E-state index contributed by atoms with van der Waals surface area (Å²) < 4.78 is 0. The zero-order valence-electron chi connectivity index (χ0n) is 19.0. The van der Waals surface area contributed by atoms with Gasteiger partial charge in [-0.05, 0) is 42.0 Å². The number of fused-ring (bicyclic) bond motifs is 1. The number of carbonyl (C=O) groups excluding carboxylic acids is 1. The van der Waals surface area contributed by atoms with E-state index in [4.69, 9.17) is 11.6 Å². The van der Waals surface area contributed by atoms with Crippen molar-refractivity contribution in [2.45, 2.75) is 6.42 Å². The Morgan fingerprint density at radius 2 is 1.88 bits per heavy atom. The standard InChI is InChI=1S/C25H29ClN6O/c1-30(2)21-6-3-19(4-7-21)18-28-29-25(33)10-12-31-13-15-32(16-14-31)24-9-11-27-23-17-20(26)5-8-22(23)24/h3-9,11,17-18H,10,12-16H2,1-2H3,(H,29,33)/b28-18+. The van der Waals surface area contributed by atoms with Crippen molar-refractivity contribution in [2.75, 3.05) is 56.6 Å². The van der Waals surface area contributed by atoms with E-state index < -0.39 is 0 Å². The van der Waals surface area contributed by atoms with Gasteiger partial charge in [-0.2, -0.15) is 5.10 Å². The van der Waals surface area contributed by atoms with Gasteiger partial charge in [0, 0.05) is 81.2 Å². The van der Waals surface area contributed by atoms with E-state index >= 15 is 0 Å². The maximum atomic E-state index is 12.2. The molecule has 3 aromatic rings. The van der Waals surface area contributed by atoms with Crippen LogP contribution < -0.4 is 15.2 Å². The van der Waals surface area contributed by atoms with Gasteiger partial charge in [0.2, 0.25) is 5.91 Å². The van der Waals surface area contributed by atoms with Gasteiger partial charge >= 0.3 is 0 Å². The third-order valence-corrected chi connectivity index (χ3v) is 6.10. The second-order valence-electron chi connectivity index (χ2n) is 8.35. The first-order valence-corrected chi connectivity index (χ1v) is 11.5. The van der Waals surface area contributed by atoms with Gasteiger partial charge in [0.15, 0.2) is 0 Å². The van der Waals surface area contributed by atoms with E-state index in [-0.39, 0.29) is 5.91 Å². The Morgan fingerprint density at radius 1 is 1.12 bits per heavy atom. The molecule has 4 rings (SSSR count). The van der Waals surface area contributed by atoms with Crippen LogP contribution in [-0.4, -0.2) is 68.8 Å². The Kier molecular flexibility index (Phi) is 7.42. The molecule has 1 N–H and O–H groups in total. The van der Waals surface area contributed by atoms with Crippen LogP contribution >= 0.6 is 11.6 Å². The number of anilines is 2. The summed E-state index contributed by atoms with van der Waals surface area (Å²) in [4.78, 5) is 23.4. The van der Waals surface area contributed by atoms with Crippen LogP contribution in [0.1, 0.15) is 12.0 Å². The van der Waals surface area contributed by atoms with E-state index in [0.717, 1.165) is 54.9 Å². The number of aromatic nitrogens is 1. The molecule has 1 aliphatic rings. The summed E-state index contributed by atoms with van der Waals surface area (Å²) in [5, 5.41) is 5.90. The number of pyridine rings is 1. The van der Waals surface area contributed by atoms with E-state index in [2.05, 4.69) is 31.4 Å². The number of amides is 1. The van der Waals surface area contributed by atoms with E-state index in [1.54, 1.807) is 6.21 Å². The average molecular weight is 465 g/mol. The van der Waals surface area contributed by atoms with Crippen molar-refractivity contribution in [3.05, 3.63) is 65.3 Å². The molecule has 1 aromatic heterocycles. The molecule has 0 atom stereocenters. The van der Waals surface area contributed by atoms with Crippen LogP contribution in [0, 0.1) is 0 Å². The van der Waals surface area contributed by atoms with E-state index in [1.807, 2.05) is 67.7 Å². The van der Waals surface area contributed by atoms with Gasteiger partial charge in [-0.1, -0.05) is 23.7 Å². The van der Waals surface area contributed by atoms with Crippen molar-refractivity contribution < 1.29 is 4.79 Å². The molecule has 7 nitrogen and oxygen atoms in total. The van der Waals surface area contributed by atoms with E-state index in [9.17, 15) is 4.79 Å². The minimum atomic E-state index is -0.0735. The molecule has 2 aromatic carbocycles. The Morgan fingerprint density at radius 3 is 2.61 bits per heavy atom. The highest BCUT2D eigenvalue weighted by Gasteiger charge is 2.19. The minimum Gasteiger partial charge on any atom is -0.378 e. The van der Waals surface area contributed by atoms with Gasteiger partial charge in [0.25, 0.3) is 0 Å². The third-order valence-electron chi connectivity index (χ3n) is 5.86. The monoisotopic (exact) mass is 464 g/mol. The first kappa shape index (κ1) is 23.0. The Bertz CT molecular complexity index is 1120. The van der Waals surface area contributed by atoms with Crippen LogP contribution in [0.15, 0.2) is 59.8 Å². The second kappa shape index (κ2) is 10.6. The van der Waals surface area contributed by atoms with E-state index in [1.165, 1.54) is 5.69 Å². The number of nitrogens with zero attached hydrogens (tertiary/aromatic N) is 5. The number of nitrogens with one attached hydrogen (secondary N) is 1. The number of hydrogen-bond donors (Lipinski definition) is 1. The molecule has 0 unspecified atom stereocenters. The zero-order valence-corrected chi connectivity index (χ0v) is 19.8. The van der Waals surface area contributed by atoms with Crippen LogP contribution in [0.3, 0.4) is 0 Å². The maximum Gasteiger partial charge on any atom is 0.241 e. The molecule has 0 bridgehead atoms. The number of hydrogen-bond acceptors (Lipinski definition) is 6. The highest BCUT2D eigenvalue weighted by molar-refractivity contribution is 6.31. The lowest BCUT2D eigenvalue weighted by Crippen LogP contribution is -2.47. The number of carbonyl (C=O) groups is 1. The van der Waals surface area contributed by atoms with Gasteiger partial charge in [0.1, 0.15) is 0 Å². The molecule has 172 valence electrons. The number of rotatable bonds is 7. The Balaban J connectivity index is 1.22. The summed E-state index contributed by atoms with van der Waals surface area (Å²) in [5.74, 6) is -0.0735. The molecule has 0 radical (unpaired) electrons. The largest absolute Gasteiger partial charge is 0.378 e. The fraction of sp³-hybridized carbons (Fsp3) is 0.320. The molecule has 1 fully saturated rings. The van der Waals surface area contributed by atoms with Crippen molar-refractivity contribution >= 4 is 46.0 Å². The van der Waals surface area contributed by atoms with Gasteiger partial charge < -0.3 is 9.80 Å². The highest BCUT2D eigenvalue weighted by Crippen LogP contribution is 2.28. The molecule has 2 heterocycles. The third kappa shape index (κ3) is 6.00. The quantitative estimate of drug-likeness (QED) is 0.427. The highest BCUT2D eigenvalue weighted by atomic mass is 35.5. The van der Waals surface area contributed by atoms with Gasteiger partial charge in [-0.15, -0.1) is 0 Å². The van der Waals surface area contributed by atoms with Crippen molar-refractivity contribution in [1.29, 1.82) is 0 Å². The molecule has 0 saturated carbocycles. The van der Waals surface area contributed by atoms with Crippen LogP contribution in [0.4, 0.5) is 11.4 Å². The van der Waals surface area contributed by atoms with Crippen LogP contribution in [0.5, 0.6) is 0 Å². The molecule has 1 amide bonds. The summed E-state index contributed by atoms with van der Waals surface area (Å²) in [6.07, 6.45) is 3.93. The van der Waals surface area contributed by atoms with E-state index in [0.29, 0.717) is 11.4 Å². The lowest BCUT2D eigenvalue weighted by Gasteiger charge is -2.36. The van der Waals surface area contributed by atoms with Gasteiger partial charge in [-0.3, -0.25) is 14.7 Å². The van der Waals surface area contributed by atoms with Crippen molar-refractivity contribution in [3.63, 3.8) is 0 Å². The van der Waals surface area contributed by atoms with Crippen molar-refractivity contribution in [2.24, 2.45) is 5.10 Å². The summed E-state index contributed by atoms with van der Waals surface area (Å²) >= 11 is 6.11. The SMILES string of the molecule is CN(C)c1ccc(/C=N/NC(=O)CCN2CCN(c3ccnc4cc(Cl)ccc34)CC2)cc1. The number of halogens is 1. The Labute approximate surface area is 199 Å². The van der Waals surface area contributed by atoms with Gasteiger partial charge in [-0.25, -0.2) is 5.43 Å². The molecule has 1 aliphatic heterocycles. The topological polar surface area (TPSA) is 64.1 Å². The Hall–Kier alpha value is -3.16. The first-order valence-electron chi connectivity index (χ1n) is 11.1. The molecule has 0 aliphatic carbocycles. The summed E-state index contributed by atoms with van der Waals surface area (Å²) in [5.41, 5.74) is 6.80. The molecular formula is C25H29ClN6O. The predicted molar refractivity (Wildman–Crippen MR) is 137 cm³/mol. The summed E-state index contributed by atoms with van der Waals surface area (Å²) in [7, 11) is 4.00. The van der Waals surface area contributed by atoms with Crippen LogP contribution in [0.25, 0.3) is 10.9 Å². The second-order valence-corrected chi connectivity index (χ2v) is 8.79. The minimum absolute atomic E-state index is 0.0735. The zero-order chi connectivity index (χ0) is 23.2. The van der Waals surface area contributed by atoms with Crippen molar-refractivity contribution in [3.8, 4) is 0 Å². The van der Waals surface area contributed by atoms with Crippen LogP contribution in [-0.2, 0) is 4.79 Å². The number of benzene rings is 2. The molecule has 8 heteroatoms. The lowest BCUT2D eigenvalue weighted by molar-refractivity contribution is -0.121. The molecule has 1 saturated heterocycles. The fourth-order valence-electron chi connectivity index (χ4n) is 3.95. The smallest absolute Gasteiger partial charge is 0.241 e. The maximum absolute atomic E-state index is 12.2. The lowest BCUT2D eigenvalue weighted by atomic mass is 10.1. The summed E-state index contributed by atoms with van der Waals surface area (Å²) in [6.45, 7) is 4.35. The number of hydrazone groups is 1.